The van der Waals surface area contributed by atoms with Gasteiger partial charge < -0.3 is 5.11 Å². The fourth-order valence-corrected chi connectivity index (χ4v) is 2.37. The molecular weight excluding hydrogens is 254 g/mol. The number of carboxylic acid groups (broad SMARTS) is 1. The highest BCUT2D eigenvalue weighted by molar-refractivity contribution is 5.81. The first-order valence-electron chi connectivity index (χ1n) is 7.04. The van der Waals surface area contributed by atoms with Gasteiger partial charge in [0.1, 0.15) is 0 Å². The number of hydrogen-bond donors (Lipinski definition) is 1. The van der Waals surface area contributed by atoms with E-state index >= 15 is 0 Å². The van der Waals surface area contributed by atoms with E-state index in [0.29, 0.717) is 13.1 Å². The van der Waals surface area contributed by atoms with Crippen LogP contribution < -0.4 is 0 Å². The van der Waals surface area contributed by atoms with E-state index in [4.69, 9.17) is 5.11 Å². The quantitative estimate of drug-likeness (QED) is 0.842. The average Bonchev–Trinajstić information content (AvgIpc) is 2.81. The van der Waals surface area contributed by atoms with Gasteiger partial charge in [0.15, 0.2) is 0 Å². The molecule has 108 valence electrons. The number of fused-ring (bicyclic) bond motifs is 1. The molecule has 0 saturated carbocycles. The second-order valence-electron chi connectivity index (χ2n) is 4.79. The zero-order valence-corrected chi connectivity index (χ0v) is 12.0. The van der Waals surface area contributed by atoms with Gasteiger partial charge in [0, 0.05) is 25.0 Å². The zero-order chi connectivity index (χ0) is 14.5. The van der Waals surface area contributed by atoms with Gasteiger partial charge >= 0.3 is 5.97 Å². The third-order valence-corrected chi connectivity index (χ3v) is 3.50. The molecule has 0 amide bonds. The molecule has 0 aliphatic carbocycles. The summed E-state index contributed by atoms with van der Waals surface area (Å²) in [4.78, 5) is 12.8. The van der Waals surface area contributed by atoms with Gasteiger partial charge in [0.05, 0.1) is 17.6 Å². The largest absolute Gasteiger partial charge is 0.481 e. The molecule has 1 aromatic heterocycles. The van der Waals surface area contributed by atoms with Crippen LogP contribution in [0.15, 0.2) is 24.3 Å². The lowest BCUT2D eigenvalue weighted by atomic mass is 10.2. The lowest BCUT2D eigenvalue weighted by Gasteiger charge is -2.18. The second kappa shape index (κ2) is 6.52. The van der Waals surface area contributed by atoms with Crippen molar-refractivity contribution in [1.29, 1.82) is 0 Å². The van der Waals surface area contributed by atoms with E-state index in [-0.39, 0.29) is 6.42 Å². The predicted octanol–water partition coefficient (Wildman–Crippen LogP) is 2.35. The zero-order valence-electron chi connectivity index (χ0n) is 12.0. The SMILES string of the molecule is CCN(CCC(=O)O)Cc1nn(CC)c2ccccc12. The third-order valence-electron chi connectivity index (χ3n) is 3.50. The minimum atomic E-state index is -0.757. The van der Waals surface area contributed by atoms with E-state index in [1.807, 2.05) is 23.7 Å². The van der Waals surface area contributed by atoms with Crippen LogP contribution in [0.3, 0.4) is 0 Å². The predicted molar refractivity (Wildman–Crippen MR) is 78.6 cm³/mol. The van der Waals surface area contributed by atoms with Crippen molar-refractivity contribution in [1.82, 2.24) is 14.7 Å². The Morgan fingerprint density at radius 2 is 2.10 bits per heavy atom. The summed E-state index contributed by atoms with van der Waals surface area (Å²) in [6.07, 6.45) is 0.167. The molecule has 0 unspecified atom stereocenters. The van der Waals surface area contributed by atoms with E-state index in [1.54, 1.807) is 0 Å². The summed E-state index contributed by atoms with van der Waals surface area (Å²) in [7, 11) is 0. The number of rotatable bonds is 7. The summed E-state index contributed by atoms with van der Waals surface area (Å²) in [5.74, 6) is -0.757. The van der Waals surface area contributed by atoms with Gasteiger partial charge in [-0.1, -0.05) is 25.1 Å². The van der Waals surface area contributed by atoms with Crippen LogP contribution in [-0.4, -0.2) is 38.8 Å². The van der Waals surface area contributed by atoms with Crippen LogP contribution in [0.5, 0.6) is 0 Å². The number of para-hydroxylation sites is 1. The maximum absolute atomic E-state index is 10.7. The highest BCUT2D eigenvalue weighted by Crippen LogP contribution is 2.19. The molecule has 5 nitrogen and oxygen atoms in total. The molecule has 0 spiro atoms. The van der Waals surface area contributed by atoms with Crippen molar-refractivity contribution in [2.45, 2.75) is 33.4 Å². The van der Waals surface area contributed by atoms with Crippen LogP contribution in [0, 0.1) is 0 Å². The number of nitrogens with zero attached hydrogens (tertiary/aromatic N) is 3. The topological polar surface area (TPSA) is 58.4 Å². The normalized spacial score (nSPS) is 11.3. The van der Waals surface area contributed by atoms with E-state index in [1.165, 1.54) is 0 Å². The van der Waals surface area contributed by atoms with E-state index < -0.39 is 5.97 Å². The van der Waals surface area contributed by atoms with Crippen LogP contribution in [0.1, 0.15) is 26.0 Å². The Kier molecular flexibility index (Phi) is 4.74. The van der Waals surface area contributed by atoms with Gasteiger partial charge in [-0.2, -0.15) is 5.10 Å². The minimum absolute atomic E-state index is 0.167. The molecule has 0 aliphatic heterocycles. The van der Waals surface area contributed by atoms with Gasteiger partial charge in [-0.15, -0.1) is 0 Å². The number of carboxylic acids is 1. The molecule has 1 heterocycles. The van der Waals surface area contributed by atoms with Crippen molar-refractivity contribution in [2.24, 2.45) is 0 Å². The van der Waals surface area contributed by atoms with Gasteiger partial charge in [-0.05, 0) is 19.5 Å². The Balaban J connectivity index is 2.21. The summed E-state index contributed by atoms with van der Waals surface area (Å²) >= 11 is 0. The van der Waals surface area contributed by atoms with Crippen LogP contribution in [0.25, 0.3) is 10.9 Å². The van der Waals surface area contributed by atoms with Crippen molar-refractivity contribution in [3.63, 3.8) is 0 Å². The molecule has 0 aliphatic rings. The molecular formula is C15H21N3O2. The molecule has 2 rings (SSSR count). The lowest BCUT2D eigenvalue weighted by molar-refractivity contribution is -0.137. The Labute approximate surface area is 118 Å². The fourth-order valence-electron chi connectivity index (χ4n) is 2.37. The van der Waals surface area contributed by atoms with Gasteiger partial charge in [0.2, 0.25) is 0 Å². The van der Waals surface area contributed by atoms with Crippen molar-refractivity contribution >= 4 is 16.9 Å². The van der Waals surface area contributed by atoms with Crippen molar-refractivity contribution in [3.8, 4) is 0 Å². The fraction of sp³-hybridized carbons (Fsp3) is 0.467. The Morgan fingerprint density at radius 1 is 1.35 bits per heavy atom. The van der Waals surface area contributed by atoms with Crippen LogP contribution >= 0.6 is 0 Å². The van der Waals surface area contributed by atoms with E-state index in [2.05, 4.69) is 29.1 Å². The number of aryl methyl sites for hydroxylation is 1. The number of benzene rings is 1. The molecule has 1 N–H and O–H groups in total. The van der Waals surface area contributed by atoms with Crippen molar-refractivity contribution in [3.05, 3.63) is 30.0 Å². The van der Waals surface area contributed by atoms with E-state index in [0.717, 1.165) is 29.7 Å². The second-order valence-corrected chi connectivity index (χ2v) is 4.79. The maximum atomic E-state index is 10.7. The number of aliphatic carboxylic acids is 1. The molecule has 0 saturated heterocycles. The van der Waals surface area contributed by atoms with Crippen LogP contribution in [0.4, 0.5) is 0 Å². The standard InChI is InChI=1S/C15H21N3O2/c1-3-17(10-9-15(19)20)11-13-12-7-5-6-8-14(12)18(4-2)16-13/h5-8H,3-4,9-11H2,1-2H3,(H,19,20). The first kappa shape index (κ1) is 14.5. The lowest BCUT2D eigenvalue weighted by Crippen LogP contribution is -2.26. The summed E-state index contributed by atoms with van der Waals surface area (Å²) in [5, 5.41) is 14.6. The number of carbonyl (C=O) groups is 1. The Morgan fingerprint density at radius 3 is 2.75 bits per heavy atom. The molecule has 1 aromatic carbocycles. The van der Waals surface area contributed by atoms with Gasteiger partial charge in [-0.25, -0.2) is 0 Å². The Bertz CT molecular complexity index is 592. The summed E-state index contributed by atoms with van der Waals surface area (Å²) in [6.45, 7) is 7.02. The molecule has 20 heavy (non-hydrogen) atoms. The highest BCUT2D eigenvalue weighted by Gasteiger charge is 2.13. The van der Waals surface area contributed by atoms with E-state index in [9.17, 15) is 4.79 Å². The minimum Gasteiger partial charge on any atom is -0.481 e. The molecule has 0 fully saturated rings. The van der Waals surface area contributed by atoms with Gasteiger partial charge in [0.25, 0.3) is 0 Å². The first-order chi connectivity index (χ1) is 9.65. The Hall–Kier alpha value is -1.88. The van der Waals surface area contributed by atoms with Crippen molar-refractivity contribution < 1.29 is 9.90 Å². The summed E-state index contributed by atoms with van der Waals surface area (Å²) in [5.41, 5.74) is 2.16. The smallest absolute Gasteiger partial charge is 0.304 e. The molecule has 0 atom stereocenters. The molecule has 5 heteroatoms. The first-order valence-corrected chi connectivity index (χ1v) is 7.04. The third kappa shape index (κ3) is 3.17. The number of aromatic nitrogens is 2. The average molecular weight is 275 g/mol. The van der Waals surface area contributed by atoms with Crippen LogP contribution in [-0.2, 0) is 17.9 Å². The maximum Gasteiger partial charge on any atom is 0.304 e. The molecule has 2 aromatic rings. The highest BCUT2D eigenvalue weighted by atomic mass is 16.4. The molecule has 0 radical (unpaired) electrons. The summed E-state index contributed by atoms with van der Waals surface area (Å²) < 4.78 is 2.00. The van der Waals surface area contributed by atoms with Crippen molar-refractivity contribution in [2.75, 3.05) is 13.1 Å². The molecule has 0 bridgehead atoms. The summed E-state index contributed by atoms with van der Waals surface area (Å²) in [6, 6.07) is 8.18. The van der Waals surface area contributed by atoms with Gasteiger partial charge in [-0.3, -0.25) is 14.4 Å². The number of hydrogen-bond acceptors (Lipinski definition) is 3. The van der Waals surface area contributed by atoms with Crippen LogP contribution in [0.2, 0.25) is 0 Å². The monoisotopic (exact) mass is 275 g/mol.